The highest BCUT2D eigenvalue weighted by molar-refractivity contribution is 5.77. The number of carboxylic acid groups (broad SMARTS) is 1. The van der Waals surface area contributed by atoms with Gasteiger partial charge >= 0.3 is 5.97 Å². The number of aliphatic hydroxyl groups excluding tert-OH is 1. The molecule has 0 bridgehead atoms. The van der Waals surface area contributed by atoms with Crippen LogP contribution in [-0.4, -0.2) is 29.1 Å². The molecule has 20 heavy (non-hydrogen) atoms. The maximum absolute atomic E-state index is 11.5. The Morgan fingerprint density at radius 3 is 2.55 bits per heavy atom. The highest BCUT2D eigenvalue weighted by Gasteiger charge is 2.32. The molecule has 2 unspecified atom stereocenters. The summed E-state index contributed by atoms with van der Waals surface area (Å²) in [7, 11) is 0. The molecule has 2 N–H and O–H groups in total. The number of hydrogen-bond acceptors (Lipinski definition) is 4. The van der Waals surface area contributed by atoms with E-state index in [1.54, 1.807) is 18.2 Å². The van der Waals surface area contributed by atoms with Gasteiger partial charge in [-0.1, -0.05) is 26.8 Å². The molecule has 0 radical (unpaired) electrons. The number of fused-ring (bicyclic) bond motifs is 1. The van der Waals surface area contributed by atoms with Gasteiger partial charge in [0, 0.05) is 0 Å². The van der Waals surface area contributed by atoms with Gasteiger partial charge in [0.2, 0.25) is 6.79 Å². The Labute approximate surface area is 118 Å². The van der Waals surface area contributed by atoms with E-state index in [2.05, 4.69) is 0 Å². The van der Waals surface area contributed by atoms with Gasteiger partial charge in [-0.15, -0.1) is 0 Å². The Morgan fingerprint density at radius 2 is 1.95 bits per heavy atom. The van der Waals surface area contributed by atoms with Crippen molar-refractivity contribution in [2.24, 2.45) is 5.41 Å². The third-order valence-corrected chi connectivity index (χ3v) is 3.23. The van der Waals surface area contributed by atoms with Crippen LogP contribution in [-0.2, 0) is 4.79 Å². The lowest BCUT2D eigenvalue weighted by atomic mass is 9.82. The molecule has 0 saturated carbocycles. The Kier molecular flexibility index (Phi) is 3.90. The summed E-state index contributed by atoms with van der Waals surface area (Å²) in [4.78, 5) is 11.5. The number of carboxylic acids is 1. The third kappa shape index (κ3) is 3.22. The van der Waals surface area contributed by atoms with Gasteiger partial charge in [0.1, 0.15) is 5.92 Å². The molecule has 0 aromatic heterocycles. The predicted octanol–water partition coefficient (Wildman–Crippen LogP) is 2.38. The molecule has 1 aromatic rings. The molecule has 110 valence electrons. The van der Waals surface area contributed by atoms with Crippen LogP contribution in [0.5, 0.6) is 11.5 Å². The number of hydrogen-bond donors (Lipinski definition) is 2. The van der Waals surface area contributed by atoms with Crippen LogP contribution in [0.4, 0.5) is 0 Å². The van der Waals surface area contributed by atoms with E-state index in [0.717, 1.165) is 0 Å². The molecule has 2 rings (SSSR count). The van der Waals surface area contributed by atoms with E-state index in [4.69, 9.17) is 9.47 Å². The number of rotatable bonds is 4. The first-order valence-corrected chi connectivity index (χ1v) is 6.58. The van der Waals surface area contributed by atoms with Crippen molar-refractivity contribution in [3.05, 3.63) is 23.8 Å². The quantitative estimate of drug-likeness (QED) is 0.885. The van der Waals surface area contributed by atoms with E-state index >= 15 is 0 Å². The van der Waals surface area contributed by atoms with E-state index in [1.165, 1.54) is 0 Å². The summed E-state index contributed by atoms with van der Waals surface area (Å²) in [6.07, 6.45) is -0.550. The van der Waals surface area contributed by atoms with Crippen LogP contribution in [0.2, 0.25) is 0 Å². The van der Waals surface area contributed by atoms with Crippen molar-refractivity contribution in [2.75, 3.05) is 6.79 Å². The maximum atomic E-state index is 11.5. The predicted molar refractivity (Wildman–Crippen MR) is 73.0 cm³/mol. The van der Waals surface area contributed by atoms with E-state index in [-0.39, 0.29) is 12.2 Å². The van der Waals surface area contributed by atoms with Gasteiger partial charge < -0.3 is 19.7 Å². The Bertz CT molecular complexity index is 503. The topological polar surface area (TPSA) is 76.0 Å². The number of ether oxygens (including phenoxy) is 2. The molecule has 1 heterocycles. The standard InChI is InChI=1S/C15H20O5/c1-15(2,3)7-10(16)13(14(17)18)9-4-5-11-12(6-9)20-8-19-11/h4-6,10,13,16H,7-8H2,1-3H3,(H,17,18). The SMILES string of the molecule is CC(C)(C)CC(O)C(C(=O)O)c1ccc2c(c1)OCO2. The normalized spacial score (nSPS) is 16.8. The number of aliphatic hydroxyl groups is 1. The van der Waals surface area contributed by atoms with Gasteiger partial charge in [0.25, 0.3) is 0 Å². The van der Waals surface area contributed by atoms with Crippen LogP contribution in [0.15, 0.2) is 18.2 Å². The lowest BCUT2D eigenvalue weighted by molar-refractivity contribution is -0.142. The largest absolute Gasteiger partial charge is 0.481 e. The van der Waals surface area contributed by atoms with Gasteiger partial charge in [-0.25, -0.2) is 0 Å². The summed E-state index contributed by atoms with van der Waals surface area (Å²) in [5, 5.41) is 19.7. The van der Waals surface area contributed by atoms with Crippen molar-refractivity contribution in [1.82, 2.24) is 0 Å². The van der Waals surface area contributed by atoms with Crippen LogP contribution in [0.1, 0.15) is 38.7 Å². The minimum atomic E-state index is -1.04. The average molecular weight is 280 g/mol. The first-order valence-electron chi connectivity index (χ1n) is 6.58. The molecule has 2 atom stereocenters. The Balaban J connectivity index is 2.27. The monoisotopic (exact) mass is 280 g/mol. The molecule has 0 fully saturated rings. The van der Waals surface area contributed by atoms with Gasteiger partial charge in [-0.05, 0) is 29.5 Å². The summed E-state index contributed by atoms with van der Waals surface area (Å²) in [5.41, 5.74) is 0.377. The molecule has 0 saturated heterocycles. The van der Waals surface area contributed by atoms with Crippen molar-refractivity contribution in [1.29, 1.82) is 0 Å². The summed E-state index contributed by atoms with van der Waals surface area (Å²) in [5.74, 6) is -0.885. The maximum Gasteiger partial charge on any atom is 0.313 e. The zero-order valence-electron chi connectivity index (χ0n) is 11.9. The fourth-order valence-electron chi connectivity index (χ4n) is 2.38. The van der Waals surface area contributed by atoms with Gasteiger partial charge in [-0.3, -0.25) is 4.79 Å². The van der Waals surface area contributed by atoms with Crippen LogP contribution in [0.3, 0.4) is 0 Å². The number of aliphatic carboxylic acids is 1. The summed E-state index contributed by atoms with van der Waals surface area (Å²) < 4.78 is 10.5. The summed E-state index contributed by atoms with van der Waals surface area (Å²) in [6, 6.07) is 4.97. The van der Waals surface area contributed by atoms with Crippen LogP contribution >= 0.6 is 0 Å². The van der Waals surface area contributed by atoms with Crippen molar-refractivity contribution in [3.8, 4) is 11.5 Å². The molecule has 0 spiro atoms. The van der Waals surface area contributed by atoms with Crippen LogP contribution in [0.25, 0.3) is 0 Å². The molecular formula is C15H20O5. The molecule has 5 nitrogen and oxygen atoms in total. The summed E-state index contributed by atoms with van der Waals surface area (Å²) in [6.45, 7) is 6.04. The third-order valence-electron chi connectivity index (χ3n) is 3.23. The van der Waals surface area contributed by atoms with E-state index in [9.17, 15) is 15.0 Å². The molecule has 1 aliphatic heterocycles. The first-order chi connectivity index (χ1) is 9.28. The highest BCUT2D eigenvalue weighted by Crippen LogP contribution is 2.37. The molecule has 5 heteroatoms. The lowest BCUT2D eigenvalue weighted by Crippen LogP contribution is -2.29. The fourth-order valence-corrected chi connectivity index (χ4v) is 2.38. The van der Waals surface area contributed by atoms with Crippen molar-refractivity contribution >= 4 is 5.97 Å². The minimum absolute atomic E-state index is 0.140. The highest BCUT2D eigenvalue weighted by atomic mass is 16.7. The average Bonchev–Trinajstić information content (AvgIpc) is 2.73. The fraction of sp³-hybridized carbons (Fsp3) is 0.533. The molecule has 0 amide bonds. The Hall–Kier alpha value is -1.75. The minimum Gasteiger partial charge on any atom is -0.481 e. The van der Waals surface area contributed by atoms with Crippen molar-refractivity contribution in [3.63, 3.8) is 0 Å². The van der Waals surface area contributed by atoms with Crippen LogP contribution in [0, 0.1) is 5.41 Å². The summed E-state index contributed by atoms with van der Waals surface area (Å²) >= 11 is 0. The molecular weight excluding hydrogens is 260 g/mol. The molecule has 1 aromatic carbocycles. The van der Waals surface area contributed by atoms with E-state index in [0.29, 0.717) is 23.5 Å². The van der Waals surface area contributed by atoms with Crippen molar-refractivity contribution < 1.29 is 24.5 Å². The second kappa shape index (κ2) is 5.32. The van der Waals surface area contributed by atoms with Crippen LogP contribution < -0.4 is 9.47 Å². The second-order valence-corrected chi connectivity index (χ2v) is 6.26. The van der Waals surface area contributed by atoms with E-state index in [1.807, 2.05) is 20.8 Å². The molecule has 0 aliphatic carbocycles. The Morgan fingerprint density at radius 1 is 1.30 bits per heavy atom. The number of benzene rings is 1. The lowest BCUT2D eigenvalue weighted by Gasteiger charge is -2.26. The number of carbonyl (C=O) groups is 1. The van der Waals surface area contributed by atoms with E-state index < -0.39 is 18.0 Å². The van der Waals surface area contributed by atoms with Gasteiger partial charge in [0.15, 0.2) is 11.5 Å². The van der Waals surface area contributed by atoms with Gasteiger partial charge in [-0.2, -0.15) is 0 Å². The zero-order valence-corrected chi connectivity index (χ0v) is 11.9. The zero-order chi connectivity index (χ0) is 14.9. The molecule has 1 aliphatic rings. The first kappa shape index (κ1) is 14.7. The smallest absolute Gasteiger partial charge is 0.313 e. The second-order valence-electron chi connectivity index (χ2n) is 6.26. The van der Waals surface area contributed by atoms with Gasteiger partial charge in [0.05, 0.1) is 6.10 Å². The van der Waals surface area contributed by atoms with Crippen molar-refractivity contribution in [2.45, 2.75) is 39.2 Å².